The van der Waals surface area contributed by atoms with Gasteiger partial charge in [-0.25, -0.2) is 9.50 Å². The molecule has 0 aliphatic carbocycles. The number of hydrogen-bond donors (Lipinski definition) is 2. The molecule has 4 heterocycles. The lowest BCUT2D eigenvalue weighted by atomic mass is 10.2. The zero-order chi connectivity index (χ0) is 17.2. The van der Waals surface area contributed by atoms with Gasteiger partial charge in [0.1, 0.15) is 11.2 Å². The number of aromatic nitrogens is 5. The van der Waals surface area contributed by atoms with Gasteiger partial charge in [0.2, 0.25) is 5.82 Å². The Morgan fingerprint density at radius 1 is 1.12 bits per heavy atom. The van der Waals surface area contributed by atoms with Crippen molar-refractivity contribution >= 4 is 22.7 Å². The van der Waals surface area contributed by atoms with Crippen molar-refractivity contribution in [3.05, 3.63) is 73.3 Å². The molecule has 4 aromatic rings. The molecule has 0 aliphatic rings. The van der Waals surface area contributed by atoms with E-state index in [0.717, 1.165) is 16.8 Å². The van der Waals surface area contributed by atoms with E-state index in [1.54, 1.807) is 23.1 Å². The molecule has 122 valence electrons. The standard InChI is InChI=1S/C18H15N7/c1-12(19)13-11-20-9-7-14(13)22-18-16-6-4-10-25(16)24-17(23-18)15-5-2-3-8-21-15/h2-11H,1,19H2,(H,20,22,23,24). The highest BCUT2D eigenvalue weighted by Gasteiger charge is 2.12. The van der Waals surface area contributed by atoms with Gasteiger partial charge >= 0.3 is 0 Å². The Morgan fingerprint density at radius 3 is 2.84 bits per heavy atom. The largest absolute Gasteiger partial charge is 0.399 e. The maximum Gasteiger partial charge on any atom is 0.200 e. The number of nitrogens with two attached hydrogens (primary N) is 1. The maximum absolute atomic E-state index is 5.86. The molecule has 0 unspecified atom stereocenters. The minimum absolute atomic E-state index is 0.431. The predicted octanol–water partition coefficient (Wildman–Crippen LogP) is 2.86. The number of rotatable bonds is 4. The minimum atomic E-state index is 0.431. The molecule has 0 saturated heterocycles. The van der Waals surface area contributed by atoms with E-state index in [1.807, 2.05) is 42.6 Å². The molecule has 0 aliphatic heterocycles. The molecule has 3 N–H and O–H groups in total. The maximum atomic E-state index is 5.86. The van der Waals surface area contributed by atoms with Gasteiger partial charge in [0.15, 0.2) is 5.82 Å². The first-order valence-electron chi connectivity index (χ1n) is 7.65. The van der Waals surface area contributed by atoms with Crippen molar-refractivity contribution in [1.82, 2.24) is 24.6 Å². The lowest BCUT2D eigenvalue weighted by molar-refractivity contribution is 0.910. The van der Waals surface area contributed by atoms with Crippen LogP contribution in [0.2, 0.25) is 0 Å². The van der Waals surface area contributed by atoms with Gasteiger partial charge in [-0.15, -0.1) is 5.10 Å². The van der Waals surface area contributed by atoms with E-state index in [4.69, 9.17) is 5.73 Å². The Morgan fingerprint density at radius 2 is 2.04 bits per heavy atom. The summed E-state index contributed by atoms with van der Waals surface area (Å²) in [5.74, 6) is 1.17. The Balaban J connectivity index is 1.85. The quantitative estimate of drug-likeness (QED) is 0.598. The lowest BCUT2D eigenvalue weighted by Gasteiger charge is -2.12. The van der Waals surface area contributed by atoms with E-state index in [9.17, 15) is 0 Å². The molecule has 0 radical (unpaired) electrons. The minimum Gasteiger partial charge on any atom is -0.399 e. The molecular weight excluding hydrogens is 314 g/mol. The second kappa shape index (κ2) is 6.04. The van der Waals surface area contributed by atoms with Crippen LogP contribution in [0.3, 0.4) is 0 Å². The summed E-state index contributed by atoms with van der Waals surface area (Å²) < 4.78 is 1.76. The fourth-order valence-corrected chi connectivity index (χ4v) is 2.52. The zero-order valence-corrected chi connectivity index (χ0v) is 13.3. The third-order valence-corrected chi connectivity index (χ3v) is 3.71. The first kappa shape index (κ1) is 14.8. The van der Waals surface area contributed by atoms with Crippen LogP contribution in [0.5, 0.6) is 0 Å². The van der Waals surface area contributed by atoms with E-state index in [1.165, 1.54) is 0 Å². The Kier molecular flexibility index (Phi) is 3.59. The van der Waals surface area contributed by atoms with Crippen LogP contribution in [-0.4, -0.2) is 24.6 Å². The summed E-state index contributed by atoms with van der Waals surface area (Å²) in [4.78, 5) is 13.1. The molecule has 0 amide bonds. The molecule has 0 bridgehead atoms. The van der Waals surface area contributed by atoms with Crippen LogP contribution in [0.4, 0.5) is 11.5 Å². The number of pyridine rings is 2. The van der Waals surface area contributed by atoms with E-state index in [-0.39, 0.29) is 0 Å². The first-order valence-corrected chi connectivity index (χ1v) is 7.65. The third-order valence-electron chi connectivity index (χ3n) is 3.71. The topological polar surface area (TPSA) is 94.0 Å². The molecule has 4 aromatic heterocycles. The molecular formula is C18H15N7. The van der Waals surface area contributed by atoms with Gasteiger partial charge in [0, 0.05) is 36.0 Å². The Bertz CT molecular complexity index is 1050. The fourth-order valence-electron chi connectivity index (χ4n) is 2.52. The van der Waals surface area contributed by atoms with E-state index < -0.39 is 0 Å². The predicted molar refractivity (Wildman–Crippen MR) is 97.0 cm³/mol. The highest BCUT2D eigenvalue weighted by Crippen LogP contribution is 2.26. The van der Waals surface area contributed by atoms with E-state index >= 15 is 0 Å². The second-order valence-electron chi connectivity index (χ2n) is 5.41. The van der Waals surface area contributed by atoms with Crippen molar-refractivity contribution in [1.29, 1.82) is 0 Å². The highest BCUT2D eigenvalue weighted by atomic mass is 15.3. The molecule has 7 nitrogen and oxygen atoms in total. The van der Waals surface area contributed by atoms with Crippen molar-refractivity contribution in [2.45, 2.75) is 0 Å². The van der Waals surface area contributed by atoms with Crippen LogP contribution < -0.4 is 11.1 Å². The Hall–Kier alpha value is -3.74. The monoisotopic (exact) mass is 329 g/mol. The number of hydrogen-bond acceptors (Lipinski definition) is 6. The third kappa shape index (κ3) is 2.78. The van der Waals surface area contributed by atoms with Crippen molar-refractivity contribution in [3.8, 4) is 11.5 Å². The molecule has 0 spiro atoms. The van der Waals surface area contributed by atoms with Crippen molar-refractivity contribution in [2.75, 3.05) is 5.32 Å². The van der Waals surface area contributed by atoms with Gasteiger partial charge < -0.3 is 11.1 Å². The van der Waals surface area contributed by atoms with Gasteiger partial charge in [0.25, 0.3) is 0 Å². The SMILES string of the molecule is C=C(N)c1cnccc1Nc1nc(-c2ccccn2)nn2cccc12. The fraction of sp³-hybridized carbons (Fsp3) is 0. The van der Waals surface area contributed by atoms with Crippen LogP contribution in [0, 0.1) is 0 Å². The average Bonchev–Trinajstić information content (AvgIpc) is 3.11. The van der Waals surface area contributed by atoms with Crippen LogP contribution in [0.25, 0.3) is 22.7 Å². The van der Waals surface area contributed by atoms with Crippen LogP contribution in [0.15, 0.2) is 67.8 Å². The molecule has 0 saturated carbocycles. The molecule has 25 heavy (non-hydrogen) atoms. The van der Waals surface area contributed by atoms with Crippen molar-refractivity contribution in [2.24, 2.45) is 5.73 Å². The average molecular weight is 329 g/mol. The molecule has 7 heteroatoms. The molecule has 0 fully saturated rings. The lowest BCUT2D eigenvalue weighted by Crippen LogP contribution is -2.06. The molecule has 0 atom stereocenters. The van der Waals surface area contributed by atoms with E-state index in [2.05, 4.69) is 31.9 Å². The Labute approximate surface area is 143 Å². The van der Waals surface area contributed by atoms with E-state index in [0.29, 0.717) is 23.0 Å². The van der Waals surface area contributed by atoms with Gasteiger partial charge in [-0.2, -0.15) is 0 Å². The highest BCUT2D eigenvalue weighted by molar-refractivity contribution is 5.80. The summed E-state index contributed by atoms with van der Waals surface area (Å²) in [5.41, 5.74) is 9.32. The number of nitrogens with zero attached hydrogens (tertiary/aromatic N) is 5. The summed E-state index contributed by atoms with van der Waals surface area (Å²) >= 11 is 0. The zero-order valence-electron chi connectivity index (χ0n) is 13.3. The summed E-state index contributed by atoms with van der Waals surface area (Å²) in [5, 5.41) is 7.83. The summed E-state index contributed by atoms with van der Waals surface area (Å²) in [6.07, 6.45) is 6.93. The normalized spacial score (nSPS) is 10.7. The molecule has 4 rings (SSSR count). The second-order valence-corrected chi connectivity index (χ2v) is 5.41. The van der Waals surface area contributed by atoms with Gasteiger partial charge in [0.05, 0.1) is 5.69 Å². The molecule has 0 aromatic carbocycles. The van der Waals surface area contributed by atoms with Crippen LogP contribution in [-0.2, 0) is 0 Å². The van der Waals surface area contributed by atoms with Crippen molar-refractivity contribution in [3.63, 3.8) is 0 Å². The number of nitrogens with one attached hydrogen (secondary N) is 1. The summed E-state index contributed by atoms with van der Waals surface area (Å²) in [6, 6.07) is 11.3. The van der Waals surface area contributed by atoms with Gasteiger partial charge in [-0.1, -0.05) is 12.6 Å². The summed E-state index contributed by atoms with van der Waals surface area (Å²) in [6.45, 7) is 3.79. The summed E-state index contributed by atoms with van der Waals surface area (Å²) in [7, 11) is 0. The number of fused-ring (bicyclic) bond motifs is 1. The van der Waals surface area contributed by atoms with Gasteiger partial charge in [-0.3, -0.25) is 9.97 Å². The van der Waals surface area contributed by atoms with Crippen molar-refractivity contribution < 1.29 is 0 Å². The smallest absolute Gasteiger partial charge is 0.200 e. The number of anilines is 2. The van der Waals surface area contributed by atoms with Gasteiger partial charge in [-0.05, 0) is 30.3 Å². The van der Waals surface area contributed by atoms with Crippen LogP contribution >= 0.6 is 0 Å². The van der Waals surface area contributed by atoms with Crippen LogP contribution in [0.1, 0.15) is 5.56 Å². The first-order chi connectivity index (χ1) is 12.2.